The van der Waals surface area contributed by atoms with Gasteiger partial charge in [-0.2, -0.15) is 0 Å². The largest absolute Gasteiger partial charge is 0.493 e. The van der Waals surface area contributed by atoms with E-state index >= 15 is 0 Å². The quantitative estimate of drug-likeness (QED) is 0.386. The number of nitrogens with zero attached hydrogens (tertiary/aromatic N) is 1. The van der Waals surface area contributed by atoms with Crippen LogP contribution in [0, 0.1) is 0 Å². The van der Waals surface area contributed by atoms with Crippen LogP contribution in [-0.2, 0) is 17.8 Å². The first-order valence-electron chi connectivity index (χ1n) is 12.1. The summed E-state index contributed by atoms with van der Waals surface area (Å²) in [6, 6.07) is 24.9. The van der Waals surface area contributed by atoms with Gasteiger partial charge in [0.1, 0.15) is 0 Å². The molecule has 36 heavy (non-hydrogen) atoms. The number of nitrogens with one attached hydrogen (secondary N) is 2. The molecule has 0 heterocycles. The standard InChI is InChI=1S/C29H35N3O4/c1-22(25-12-8-5-9-13-25)32(29(34)31-21-24-10-6-4-7-11-24)19-17-28(33)30-18-16-23-14-15-26(35-2)27(20-23)36-3/h4-15,20,22H,16-19,21H2,1-3H3,(H,30,33)(H,31,34). The van der Waals surface area contributed by atoms with Crippen molar-refractivity contribution in [3.05, 3.63) is 95.6 Å². The Balaban J connectivity index is 1.55. The van der Waals surface area contributed by atoms with E-state index in [1.54, 1.807) is 19.1 Å². The molecule has 190 valence electrons. The lowest BCUT2D eigenvalue weighted by Gasteiger charge is -2.30. The summed E-state index contributed by atoms with van der Waals surface area (Å²) in [5.41, 5.74) is 3.07. The van der Waals surface area contributed by atoms with Crippen LogP contribution in [0.15, 0.2) is 78.9 Å². The van der Waals surface area contributed by atoms with Crippen LogP contribution in [0.4, 0.5) is 4.79 Å². The molecule has 0 aromatic heterocycles. The number of urea groups is 1. The lowest BCUT2D eigenvalue weighted by Crippen LogP contribution is -2.43. The first-order chi connectivity index (χ1) is 17.5. The topological polar surface area (TPSA) is 79.9 Å². The third-order valence-corrected chi connectivity index (χ3v) is 6.06. The van der Waals surface area contributed by atoms with Crippen LogP contribution >= 0.6 is 0 Å². The van der Waals surface area contributed by atoms with Crippen LogP contribution in [0.25, 0.3) is 0 Å². The second-order valence-corrected chi connectivity index (χ2v) is 8.46. The number of rotatable bonds is 12. The van der Waals surface area contributed by atoms with Gasteiger partial charge in [0.25, 0.3) is 0 Å². The van der Waals surface area contributed by atoms with Crippen molar-refractivity contribution >= 4 is 11.9 Å². The molecule has 3 aromatic rings. The number of hydrogen-bond donors (Lipinski definition) is 2. The Morgan fingerprint density at radius 2 is 1.50 bits per heavy atom. The highest BCUT2D eigenvalue weighted by Crippen LogP contribution is 2.27. The van der Waals surface area contributed by atoms with Crippen LogP contribution in [0.1, 0.15) is 36.1 Å². The monoisotopic (exact) mass is 489 g/mol. The maximum absolute atomic E-state index is 13.1. The average molecular weight is 490 g/mol. The highest BCUT2D eigenvalue weighted by molar-refractivity contribution is 5.78. The van der Waals surface area contributed by atoms with Gasteiger partial charge in [-0.25, -0.2) is 4.79 Å². The fourth-order valence-electron chi connectivity index (χ4n) is 3.95. The van der Waals surface area contributed by atoms with E-state index in [4.69, 9.17) is 9.47 Å². The number of carbonyl (C=O) groups excluding carboxylic acids is 2. The van der Waals surface area contributed by atoms with Crippen LogP contribution < -0.4 is 20.1 Å². The zero-order valence-electron chi connectivity index (χ0n) is 21.2. The summed E-state index contributed by atoms with van der Waals surface area (Å²) in [7, 11) is 3.20. The van der Waals surface area contributed by atoms with Crippen molar-refractivity contribution in [2.75, 3.05) is 27.3 Å². The van der Waals surface area contributed by atoms with E-state index in [1.165, 1.54) is 0 Å². The maximum Gasteiger partial charge on any atom is 0.318 e. The SMILES string of the molecule is COc1ccc(CCNC(=O)CCN(C(=O)NCc2ccccc2)C(C)c2ccccc2)cc1OC. The van der Waals surface area contributed by atoms with Gasteiger partial charge in [-0.3, -0.25) is 4.79 Å². The van der Waals surface area contributed by atoms with Crippen molar-refractivity contribution in [2.45, 2.75) is 32.4 Å². The molecule has 3 rings (SSSR count). The Morgan fingerprint density at radius 3 is 2.17 bits per heavy atom. The van der Waals surface area contributed by atoms with Crippen molar-refractivity contribution in [2.24, 2.45) is 0 Å². The smallest absolute Gasteiger partial charge is 0.318 e. The first kappa shape index (κ1) is 26.6. The van der Waals surface area contributed by atoms with Crippen LogP contribution in [0.2, 0.25) is 0 Å². The predicted molar refractivity (Wildman–Crippen MR) is 141 cm³/mol. The third kappa shape index (κ3) is 7.77. The Labute approximate surface area is 213 Å². The summed E-state index contributed by atoms with van der Waals surface area (Å²) < 4.78 is 10.6. The van der Waals surface area contributed by atoms with E-state index in [2.05, 4.69) is 10.6 Å². The van der Waals surface area contributed by atoms with Crippen molar-refractivity contribution in [1.29, 1.82) is 0 Å². The second-order valence-electron chi connectivity index (χ2n) is 8.46. The summed E-state index contributed by atoms with van der Waals surface area (Å²) in [5.74, 6) is 1.23. The fraction of sp³-hybridized carbons (Fsp3) is 0.310. The second kappa shape index (κ2) is 13.8. The molecule has 1 unspecified atom stereocenters. The molecular weight excluding hydrogens is 454 g/mol. The molecule has 0 aliphatic heterocycles. The van der Waals surface area contributed by atoms with E-state index in [1.807, 2.05) is 85.8 Å². The number of amides is 3. The van der Waals surface area contributed by atoms with Gasteiger partial charge < -0.3 is 25.0 Å². The molecule has 2 N–H and O–H groups in total. The van der Waals surface area contributed by atoms with Crippen molar-refractivity contribution in [3.63, 3.8) is 0 Å². The van der Waals surface area contributed by atoms with Crippen LogP contribution in [0.3, 0.4) is 0 Å². The molecule has 0 fully saturated rings. The molecule has 0 aliphatic carbocycles. The van der Waals surface area contributed by atoms with Gasteiger partial charge in [0.2, 0.25) is 5.91 Å². The Kier molecular flexibility index (Phi) is 10.2. The molecule has 3 aromatic carbocycles. The normalized spacial score (nSPS) is 11.3. The minimum atomic E-state index is -0.201. The zero-order chi connectivity index (χ0) is 25.8. The van der Waals surface area contributed by atoms with Crippen LogP contribution in [0.5, 0.6) is 11.5 Å². The molecule has 0 bridgehead atoms. The molecular formula is C29H35N3O4. The summed E-state index contributed by atoms with van der Waals surface area (Å²) >= 11 is 0. The highest BCUT2D eigenvalue weighted by Gasteiger charge is 2.22. The van der Waals surface area contributed by atoms with E-state index in [-0.39, 0.29) is 24.4 Å². The summed E-state index contributed by atoms with van der Waals surface area (Å²) in [5, 5.41) is 5.95. The summed E-state index contributed by atoms with van der Waals surface area (Å²) in [6.07, 6.45) is 0.871. The lowest BCUT2D eigenvalue weighted by atomic mass is 10.1. The molecule has 7 nitrogen and oxygen atoms in total. The predicted octanol–water partition coefficient (Wildman–Crippen LogP) is 4.73. The van der Waals surface area contributed by atoms with Crippen LogP contribution in [-0.4, -0.2) is 44.1 Å². The number of carbonyl (C=O) groups is 2. The van der Waals surface area contributed by atoms with Gasteiger partial charge in [-0.1, -0.05) is 66.7 Å². The minimum absolute atomic E-state index is 0.100. The number of benzene rings is 3. The first-order valence-corrected chi connectivity index (χ1v) is 12.1. The Bertz CT molecular complexity index is 1110. The molecule has 0 saturated carbocycles. The zero-order valence-corrected chi connectivity index (χ0v) is 21.2. The molecule has 0 spiro atoms. The van der Waals surface area contributed by atoms with Gasteiger partial charge in [0.05, 0.1) is 20.3 Å². The molecule has 0 saturated heterocycles. The van der Waals surface area contributed by atoms with E-state index in [0.717, 1.165) is 16.7 Å². The molecule has 1 atom stereocenters. The number of hydrogen-bond acceptors (Lipinski definition) is 4. The van der Waals surface area contributed by atoms with E-state index in [9.17, 15) is 9.59 Å². The van der Waals surface area contributed by atoms with Crippen molar-refractivity contribution in [3.8, 4) is 11.5 Å². The van der Waals surface area contributed by atoms with E-state index in [0.29, 0.717) is 37.6 Å². The number of methoxy groups -OCH3 is 2. The molecule has 7 heteroatoms. The maximum atomic E-state index is 13.1. The van der Waals surface area contributed by atoms with Crippen molar-refractivity contribution < 1.29 is 19.1 Å². The average Bonchev–Trinajstić information content (AvgIpc) is 2.92. The molecule has 0 aliphatic rings. The van der Waals surface area contributed by atoms with Gasteiger partial charge in [-0.05, 0) is 42.2 Å². The van der Waals surface area contributed by atoms with Gasteiger partial charge in [-0.15, -0.1) is 0 Å². The Morgan fingerprint density at radius 1 is 0.833 bits per heavy atom. The summed E-state index contributed by atoms with van der Waals surface area (Å²) in [4.78, 5) is 27.4. The molecule has 0 radical (unpaired) electrons. The highest BCUT2D eigenvalue weighted by atomic mass is 16.5. The van der Waals surface area contributed by atoms with Crippen molar-refractivity contribution in [1.82, 2.24) is 15.5 Å². The van der Waals surface area contributed by atoms with Gasteiger partial charge in [0.15, 0.2) is 11.5 Å². The number of ether oxygens (including phenoxy) is 2. The van der Waals surface area contributed by atoms with E-state index < -0.39 is 0 Å². The fourth-order valence-corrected chi connectivity index (χ4v) is 3.95. The molecule has 3 amide bonds. The lowest BCUT2D eigenvalue weighted by molar-refractivity contribution is -0.121. The van der Waals surface area contributed by atoms with Gasteiger partial charge in [0, 0.05) is 26.1 Å². The Hall–Kier alpha value is -4.00. The summed E-state index contributed by atoms with van der Waals surface area (Å²) in [6.45, 7) is 3.20. The third-order valence-electron chi connectivity index (χ3n) is 6.06. The van der Waals surface area contributed by atoms with Gasteiger partial charge >= 0.3 is 6.03 Å². The minimum Gasteiger partial charge on any atom is -0.493 e.